The Morgan fingerprint density at radius 2 is 1.96 bits per heavy atom. The van der Waals surface area contributed by atoms with Crippen LogP contribution in [0.5, 0.6) is 11.5 Å². The minimum absolute atomic E-state index is 0.00879. The Morgan fingerprint density at radius 3 is 2.50 bits per heavy atom. The van der Waals surface area contributed by atoms with Gasteiger partial charge in [-0.2, -0.15) is 0 Å². The van der Waals surface area contributed by atoms with Crippen molar-refractivity contribution in [1.82, 2.24) is 10.4 Å². The summed E-state index contributed by atoms with van der Waals surface area (Å²) in [5.74, 6) is -2.54. The number of aliphatic carboxylic acids is 1. The minimum Gasteiger partial charge on any atom is -0.504 e. The van der Waals surface area contributed by atoms with Crippen molar-refractivity contribution in [3.05, 3.63) is 23.8 Å². The van der Waals surface area contributed by atoms with Gasteiger partial charge in [-0.15, -0.1) is 0 Å². The summed E-state index contributed by atoms with van der Waals surface area (Å²) in [5, 5.41) is 32.1. The van der Waals surface area contributed by atoms with E-state index in [-0.39, 0.29) is 31.2 Å². The van der Waals surface area contributed by atoms with E-state index in [0.29, 0.717) is 5.56 Å². The van der Waals surface area contributed by atoms with Gasteiger partial charge in [0.15, 0.2) is 11.5 Å². The van der Waals surface area contributed by atoms with Crippen molar-refractivity contribution in [3.63, 3.8) is 0 Å². The van der Waals surface area contributed by atoms with Crippen molar-refractivity contribution in [2.45, 2.75) is 19.4 Å². The van der Waals surface area contributed by atoms with Gasteiger partial charge < -0.3 is 25.5 Å². The van der Waals surface area contributed by atoms with Crippen molar-refractivity contribution < 1.29 is 38.9 Å². The molecule has 1 aromatic rings. The molecule has 2 atom stereocenters. The lowest BCUT2D eigenvalue weighted by Crippen LogP contribution is -2.37. The molecular formula is C13H19N2O8P. The van der Waals surface area contributed by atoms with Gasteiger partial charge in [-0.3, -0.25) is 14.1 Å². The van der Waals surface area contributed by atoms with Gasteiger partial charge in [0.2, 0.25) is 5.91 Å². The molecule has 0 bridgehead atoms. The number of phenols is 2. The molecule has 11 heteroatoms. The topological polar surface area (TPSA) is 165 Å². The van der Waals surface area contributed by atoms with E-state index in [4.69, 9.17) is 5.11 Å². The summed E-state index contributed by atoms with van der Waals surface area (Å²) in [4.78, 5) is 31.5. The summed E-state index contributed by atoms with van der Waals surface area (Å²) < 4.78 is 16.5. The molecule has 6 N–H and O–H groups in total. The van der Waals surface area contributed by atoms with Gasteiger partial charge in [-0.1, -0.05) is 6.07 Å². The molecule has 0 aromatic heterocycles. The molecule has 0 heterocycles. The largest absolute Gasteiger partial charge is 0.504 e. The van der Waals surface area contributed by atoms with Crippen LogP contribution in [0.2, 0.25) is 0 Å². The molecule has 1 unspecified atom stereocenters. The van der Waals surface area contributed by atoms with Gasteiger partial charge in [0, 0.05) is 13.5 Å². The number of hydrogen-bond acceptors (Lipinski definition) is 6. The van der Waals surface area contributed by atoms with E-state index in [1.807, 2.05) is 5.09 Å². The first-order valence-corrected chi connectivity index (χ1v) is 8.41. The number of hydrogen-bond donors (Lipinski definition) is 6. The maximum absolute atomic E-state index is 11.8. The molecule has 24 heavy (non-hydrogen) atoms. The number of carboxylic acid groups (broad SMARTS) is 1. The molecule has 0 saturated carbocycles. The third kappa shape index (κ3) is 6.97. The first-order chi connectivity index (χ1) is 11.1. The number of carbonyl (C=O) groups is 2. The average Bonchev–Trinajstić information content (AvgIpc) is 2.46. The van der Waals surface area contributed by atoms with Crippen molar-refractivity contribution in [3.8, 4) is 11.5 Å². The van der Waals surface area contributed by atoms with Gasteiger partial charge in [-0.25, -0.2) is 9.65 Å². The highest BCUT2D eigenvalue weighted by Gasteiger charge is 2.29. The SMILES string of the molecule is CC(=O)NCCOP(=O)(O)N[C@@H](Cc1ccc(O)c(O)c1)C(=O)O. The number of carboxylic acids is 1. The molecular weight excluding hydrogens is 343 g/mol. The van der Waals surface area contributed by atoms with Crippen LogP contribution in [0.15, 0.2) is 18.2 Å². The van der Waals surface area contributed by atoms with E-state index < -0.39 is 25.5 Å². The maximum Gasteiger partial charge on any atom is 0.403 e. The van der Waals surface area contributed by atoms with Crippen LogP contribution in [0.3, 0.4) is 0 Å². The second-order valence-electron chi connectivity index (χ2n) is 4.88. The van der Waals surface area contributed by atoms with E-state index in [9.17, 15) is 29.3 Å². The van der Waals surface area contributed by atoms with Crippen LogP contribution in [0.4, 0.5) is 0 Å². The number of nitrogens with one attached hydrogen (secondary N) is 2. The zero-order valence-electron chi connectivity index (χ0n) is 12.8. The van der Waals surface area contributed by atoms with E-state index in [0.717, 1.165) is 6.07 Å². The van der Waals surface area contributed by atoms with Crippen molar-refractivity contribution >= 4 is 19.6 Å². The summed E-state index contributed by atoms with van der Waals surface area (Å²) >= 11 is 0. The Balaban J connectivity index is 2.67. The van der Waals surface area contributed by atoms with Crippen LogP contribution in [0.25, 0.3) is 0 Å². The van der Waals surface area contributed by atoms with Gasteiger partial charge in [0.1, 0.15) is 6.04 Å². The van der Waals surface area contributed by atoms with Crippen LogP contribution in [0, 0.1) is 0 Å². The van der Waals surface area contributed by atoms with E-state index >= 15 is 0 Å². The molecule has 0 aliphatic carbocycles. The second-order valence-corrected chi connectivity index (χ2v) is 6.44. The molecule has 134 valence electrons. The Morgan fingerprint density at radius 1 is 1.29 bits per heavy atom. The van der Waals surface area contributed by atoms with Gasteiger partial charge in [-0.05, 0) is 24.1 Å². The Bertz CT molecular complexity index is 651. The molecule has 1 aromatic carbocycles. The van der Waals surface area contributed by atoms with Gasteiger partial charge >= 0.3 is 13.7 Å². The van der Waals surface area contributed by atoms with Gasteiger partial charge in [0.05, 0.1) is 6.61 Å². The number of rotatable bonds is 9. The fourth-order valence-electron chi connectivity index (χ4n) is 1.75. The standard InChI is InChI=1S/C13H19N2O8P/c1-8(16)14-4-5-23-24(21,22)15-10(13(19)20)6-9-2-3-11(17)12(18)7-9/h2-3,7,10,17-18H,4-6H2,1H3,(H,14,16)(H,19,20)(H2,15,21,22)/t10-/m0/s1. The zero-order valence-corrected chi connectivity index (χ0v) is 13.7. The minimum atomic E-state index is -4.41. The van der Waals surface area contributed by atoms with Crippen molar-refractivity contribution in [2.75, 3.05) is 13.2 Å². The molecule has 1 amide bonds. The highest BCUT2D eigenvalue weighted by molar-refractivity contribution is 7.50. The quantitative estimate of drug-likeness (QED) is 0.200. The predicted octanol–water partition coefficient (Wildman–Crippen LogP) is -0.0638. The summed E-state index contributed by atoms with van der Waals surface area (Å²) in [6.45, 7) is 0.974. The van der Waals surface area contributed by atoms with Crippen molar-refractivity contribution in [2.24, 2.45) is 0 Å². The Hall–Kier alpha value is -2.13. The highest BCUT2D eigenvalue weighted by atomic mass is 31.2. The van der Waals surface area contributed by atoms with Gasteiger partial charge in [0.25, 0.3) is 0 Å². The molecule has 1 rings (SSSR count). The van der Waals surface area contributed by atoms with E-state index in [2.05, 4.69) is 9.84 Å². The normalized spacial score (nSPS) is 14.6. The summed E-state index contributed by atoms with van der Waals surface area (Å²) in [6, 6.07) is 2.22. The summed E-state index contributed by atoms with van der Waals surface area (Å²) in [5.41, 5.74) is 0.323. The maximum atomic E-state index is 11.8. The summed E-state index contributed by atoms with van der Waals surface area (Å²) in [7, 11) is -4.41. The first kappa shape index (κ1) is 19.9. The Labute approximate surface area is 137 Å². The number of carbonyl (C=O) groups excluding carboxylic acids is 1. The molecule has 0 saturated heterocycles. The van der Waals surface area contributed by atoms with Crippen LogP contribution in [-0.4, -0.2) is 51.3 Å². The summed E-state index contributed by atoms with van der Waals surface area (Å²) in [6.07, 6.45) is -0.233. The monoisotopic (exact) mass is 362 g/mol. The van der Waals surface area contributed by atoms with Crippen LogP contribution in [0.1, 0.15) is 12.5 Å². The lowest BCUT2D eigenvalue weighted by molar-refractivity contribution is -0.139. The first-order valence-electron chi connectivity index (χ1n) is 6.84. The molecule has 0 spiro atoms. The number of phenolic OH excluding ortho intramolecular Hbond substituents is 2. The number of benzene rings is 1. The lowest BCUT2D eigenvalue weighted by atomic mass is 10.1. The van der Waals surface area contributed by atoms with E-state index in [1.165, 1.54) is 19.1 Å². The van der Waals surface area contributed by atoms with Crippen LogP contribution in [-0.2, 0) is 25.1 Å². The third-order valence-corrected chi connectivity index (χ3v) is 4.01. The Kier molecular flexibility index (Phi) is 7.18. The fraction of sp³-hybridized carbons (Fsp3) is 0.385. The number of aromatic hydroxyl groups is 2. The zero-order chi connectivity index (χ0) is 18.3. The number of amides is 1. The predicted molar refractivity (Wildman–Crippen MR) is 82.5 cm³/mol. The fourth-order valence-corrected chi connectivity index (χ4v) is 2.76. The van der Waals surface area contributed by atoms with Crippen LogP contribution >= 0.6 is 7.75 Å². The van der Waals surface area contributed by atoms with Crippen LogP contribution < -0.4 is 10.4 Å². The average molecular weight is 362 g/mol. The molecule has 0 radical (unpaired) electrons. The van der Waals surface area contributed by atoms with E-state index in [1.54, 1.807) is 0 Å². The smallest absolute Gasteiger partial charge is 0.403 e. The third-order valence-electron chi connectivity index (χ3n) is 2.84. The molecule has 0 aliphatic heterocycles. The molecule has 10 nitrogen and oxygen atoms in total. The van der Waals surface area contributed by atoms with Crippen molar-refractivity contribution in [1.29, 1.82) is 0 Å². The second kappa shape index (κ2) is 8.65. The highest BCUT2D eigenvalue weighted by Crippen LogP contribution is 2.37. The lowest BCUT2D eigenvalue weighted by Gasteiger charge is -2.19. The molecule has 0 aliphatic rings. The molecule has 0 fully saturated rings.